The number of H-pyrrole nitrogens is 1. The molecule has 0 spiro atoms. The molecule has 0 radical (unpaired) electrons. The quantitative estimate of drug-likeness (QED) is 0.630. The number of aryl methyl sites for hydroxylation is 1. The number of hydrogen-bond acceptors (Lipinski definition) is 4. The molecule has 2 N–H and O–H groups in total. The maximum absolute atomic E-state index is 12.9. The van der Waals surface area contributed by atoms with Crippen LogP contribution in [0.1, 0.15) is 16.7 Å². The number of alkyl halides is 1. The monoisotopic (exact) mass is 391 g/mol. The van der Waals surface area contributed by atoms with E-state index in [1.807, 2.05) is 37.4 Å². The zero-order chi connectivity index (χ0) is 20.2. The minimum atomic E-state index is -0.696. The molecule has 148 valence electrons. The van der Waals surface area contributed by atoms with Gasteiger partial charge in [0.15, 0.2) is 0 Å². The summed E-state index contributed by atoms with van der Waals surface area (Å²) in [5.74, 6) is -0.222. The lowest BCUT2D eigenvalue weighted by atomic mass is 10.00. The van der Waals surface area contributed by atoms with Crippen molar-refractivity contribution in [3.05, 3.63) is 71.8 Å². The number of hydrogen-bond donors (Lipinski definition) is 2. The summed E-state index contributed by atoms with van der Waals surface area (Å²) in [5, 5.41) is 9.67. The molecule has 4 rings (SSSR count). The summed E-state index contributed by atoms with van der Waals surface area (Å²) in [6.45, 7) is 3.70. The Morgan fingerprint density at radius 3 is 2.76 bits per heavy atom. The van der Waals surface area contributed by atoms with Gasteiger partial charge in [0, 0.05) is 61.1 Å². The molecular formula is C22H22FN5O. The zero-order valence-electron chi connectivity index (χ0n) is 16.1. The van der Waals surface area contributed by atoms with Crippen molar-refractivity contribution < 1.29 is 9.18 Å². The molecule has 1 saturated heterocycles. The van der Waals surface area contributed by atoms with Crippen molar-refractivity contribution in [2.45, 2.75) is 19.6 Å². The van der Waals surface area contributed by atoms with E-state index < -0.39 is 6.17 Å². The van der Waals surface area contributed by atoms with Crippen molar-refractivity contribution in [3.63, 3.8) is 0 Å². The average Bonchev–Trinajstić information content (AvgIpc) is 3.21. The fourth-order valence-electron chi connectivity index (χ4n) is 3.43. The molecule has 3 aromatic rings. The van der Waals surface area contributed by atoms with Crippen LogP contribution in [0.3, 0.4) is 0 Å². The average molecular weight is 391 g/mol. The van der Waals surface area contributed by atoms with Gasteiger partial charge in [-0.25, -0.2) is 4.39 Å². The van der Waals surface area contributed by atoms with Crippen LogP contribution in [0.4, 0.5) is 10.1 Å². The first-order chi connectivity index (χ1) is 14.1. The maximum Gasteiger partial charge on any atom is 0.248 e. The molecule has 0 unspecified atom stereocenters. The molecule has 1 fully saturated rings. The Kier molecular flexibility index (Phi) is 5.48. The lowest BCUT2D eigenvalue weighted by Crippen LogP contribution is -2.47. The summed E-state index contributed by atoms with van der Waals surface area (Å²) in [7, 11) is 0. The fraction of sp³-hybridized carbons (Fsp3) is 0.227. The third-order valence-electron chi connectivity index (χ3n) is 4.91. The van der Waals surface area contributed by atoms with Gasteiger partial charge in [-0.05, 0) is 41.8 Å². The summed E-state index contributed by atoms with van der Waals surface area (Å²) in [6, 6.07) is 7.62. The Morgan fingerprint density at radius 1 is 1.28 bits per heavy atom. The number of amides is 1. The lowest BCUT2D eigenvalue weighted by Gasteiger charge is -2.34. The van der Waals surface area contributed by atoms with Crippen LogP contribution >= 0.6 is 0 Å². The summed E-state index contributed by atoms with van der Waals surface area (Å²) in [4.78, 5) is 18.6. The van der Waals surface area contributed by atoms with Crippen LogP contribution in [0.2, 0.25) is 0 Å². The number of aromatic nitrogens is 3. The third kappa shape index (κ3) is 4.57. The third-order valence-corrected chi connectivity index (χ3v) is 4.91. The number of nitrogens with one attached hydrogen (secondary N) is 2. The molecule has 3 heterocycles. The number of nitrogens with zero attached hydrogens (tertiary/aromatic N) is 3. The Bertz CT molecular complexity index is 1010. The van der Waals surface area contributed by atoms with Gasteiger partial charge in [0.05, 0.1) is 6.20 Å². The van der Waals surface area contributed by atoms with Gasteiger partial charge in [0.25, 0.3) is 0 Å². The van der Waals surface area contributed by atoms with Crippen LogP contribution in [0.5, 0.6) is 0 Å². The Balaban J connectivity index is 1.40. The van der Waals surface area contributed by atoms with Crippen molar-refractivity contribution in [1.29, 1.82) is 0 Å². The molecular weight excluding hydrogens is 369 g/mol. The Labute approximate surface area is 168 Å². The van der Waals surface area contributed by atoms with E-state index in [2.05, 4.69) is 25.4 Å². The molecule has 0 saturated carbocycles. The molecule has 2 aromatic heterocycles. The van der Waals surface area contributed by atoms with Crippen LogP contribution in [-0.4, -0.2) is 45.2 Å². The molecule has 1 aliphatic heterocycles. The van der Waals surface area contributed by atoms with Gasteiger partial charge < -0.3 is 5.32 Å². The molecule has 29 heavy (non-hydrogen) atoms. The lowest BCUT2D eigenvalue weighted by molar-refractivity contribution is -0.111. The van der Waals surface area contributed by atoms with E-state index in [0.29, 0.717) is 18.8 Å². The number of likely N-dealkylation sites (tertiary alicyclic amines) is 1. The van der Waals surface area contributed by atoms with E-state index in [4.69, 9.17) is 0 Å². The second-order valence-corrected chi connectivity index (χ2v) is 7.22. The number of carbonyl (C=O) groups excluding carboxylic acids is 1. The van der Waals surface area contributed by atoms with Crippen LogP contribution in [0.15, 0.2) is 55.1 Å². The molecule has 1 aliphatic rings. The molecule has 1 amide bonds. The van der Waals surface area contributed by atoms with E-state index in [9.17, 15) is 9.18 Å². The van der Waals surface area contributed by atoms with Crippen molar-refractivity contribution in [3.8, 4) is 11.1 Å². The van der Waals surface area contributed by atoms with Crippen LogP contribution in [0.25, 0.3) is 17.2 Å². The van der Waals surface area contributed by atoms with Gasteiger partial charge in [0.1, 0.15) is 6.17 Å². The minimum absolute atomic E-state index is 0.222. The molecule has 1 aromatic carbocycles. The van der Waals surface area contributed by atoms with Crippen molar-refractivity contribution in [2.24, 2.45) is 0 Å². The highest BCUT2D eigenvalue weighted by molar-refractivity contribution is 6.02. The number of pyridine rings is 1. The van der Waals surface area contributed by atoms with E-state index in [0.717, 1.165) is 34.4 Å². The van der Waals surface area contributed by atoms with E-state index in [1.165, 1.54) is 6.08 Å². The van der Waals surface area contributed by atoms with Crippen molar-refractivity contribution >= 4 is 17.7 Å². The molecule has 6 nitrogen and oxygen atoms in total. The highest BCUT2D eigenvalue weighted by Gasteiger charge is 2.25. The van der Waals surface area contributed by atoms with Crippen LogP contribution < -0.4 is 5.32 Å². The molecule has 0 bridgehead atoms. The molecule has 7 heteroatoms. The molecule has 0 aliphatic carbocycles. The summed E-state index contributed by atoms with van der Waals surface area (Å²) in [5.41, 5.74) is 5.60. The SMILES string of the molecule is Cc1cncc(/C=C/C(=O)Nc2ccc(CN3CC(F)C3)cc2)c1-c1cn[nH]c1. The first-order valence-electron chi connectivity index (χ1n) is 9.46. The van der Waals surface area contributed by atoms with E-state index in [1.54, 1.807) is 24.7 Å². The second-order valence-electron chi connectivity index (χ2n) is 7.22. The van der Waals surface area contributed by atoms with Crippen molar-refractivity contribution in [2.75, 3.05) is 18.4 Å². The van der Waals surface area contributed by atoms with Gasteiger partial charge in [0.2, 0.25) is 5.91 Å². The summed E-state index contributed by atoms with van der Waals surface area (Å²) >= 11 is 0. The normalized spacial score (nSPS) is 14.8. The predicted octanol–water partition coefficient (Wildman–Crippen LogP) is 3.59. The van der Waals surface area contributed by atoms with Gasteiger partial charge in [-0.2, -0.15) is 5.10 Å². The van der Waals surface area contributed by atoms with Gasteiger partial charge >= 0.3 is 0 Å². The standard InChI is InChI=1S/C22H22FN5O/c1-15-8-24-9-17(22(15)18-10-25-26-11-18)4-7-21(29)27-20-5-2-16(3-6-20)12-28-13-19(23)14-28/h2-11,19H,12-14H2,1H3,(H,25,26)(H,27,29)/b7-4+. The largest absolute Gasteiger partial charge is 0.323 e. The summed E-state index contributed by atoms with van der Waals surface area (Å²) in [6.07, 6.45) is 9.63. The minimum Gasteiger partial charge on any atom is -0.323 e. The Hall–Kier alpha value is -3.32. The van der Waals surface area contributed by atoms with Crippen LogP contribution in [0, 0.1) is 6.92 Å². The number of carbonyl (C=O) groups is 1. The Morgan fingerprint density at radius 2 is 2.07 bits per heavy atom. The highest BCUT2D eigenvalue weighted by Crippen LogP contribution is 2.26. The number of benzene rings is 1. The van der Waals surface area contributed by atoms with Gasteiger partial charge in [-0.1, -0.05) is 12.1 Å². The highest BCUT2D eigenvalue weighted by atomic mass is 19.1. The first kappa shape index (κ1) is 19.0. The van der Waals surface area contributed by atoms with Crippen molar-refractivity contribution in [1.82, 2.24) is 20.1 Å². The number of anilines is 1. The van der Waals surface area contributed by atoms with Crippen LogP contribution in [-0.2, 0) is 11.3 Å². The topological polar surface area (TPSA) is 73.9 Å². The van der Waals surface area contributed by atoms with E-state index in [-0.39, 0.29) is 5.91 Å². The second kappa shape index (κ2) is 8.36. The zero-order valence-corrected chi connectivity index (χ0v) is 16.1. The predicted molar refractivity (Wildman–Crippen MR) is 111 cm³/mol. The van der Waals surface area contributed by atoms with Gasteiger partial charge in [-0.15, -0.1) is 0 Å². The van der Waals surface area contributed by atoms with Gasteiger partial charge in [-0.3, -0.25) is 19.8 Å². The number of rotatable bonds is 6. The number of aromatic amines is 1. The number of halogens is 1. The fourth-order valence-corrected chi connectivity index (χ4v) is 3.43. The van der Waals surface area contributed by atoms with E-state index >= 15 is 0 Å². The first-order valence-corrected chi connectivity index (χ1v) is 9.46. The smallest absolute Gasteiger partial charge is 0.248 e. The summed E-state index contributed by atoms with van der Waals surface area (Å²) < 4.78 is 12.9. The molecule has 0 atom stereocenters. The maximum atomic E-state index is 12.9.